The van der Waals surface area contributed by atoms with Crippen LogP contribution in [0.15, 0.2) is 35.6 Å². The van der Waals surface area contributed by atoms with E-state index in [-0.39, 0.29) is 6.42 Å². The lowest BCUT2D eigenvalue weighted by Crippen LogP contribution is -2.26. The molecule has 0 atom stereocenters. The highest BCUT2D eigenvalue weighted by Gasteiger charge is 2.28. The third kappa shape index (κ3) is 4.99. The fourth-order valence-corrected chi connectivity index (χ4v) is 3.37. The predicted octanol–water partition coefficient (Wildman–Crippen LogP) is 3.41. The molecule has 1 aromatic carbocycles. The second-order valence-corrected chi connectivity index (χ2v) is 6.96. The summed E-state index contributed by atoms with van der Waals surface area (Å²) < 4.78 is 1.85. The van der Waals surface area contributed by atoms with Gasteiger partial charge in [0, 0.05) is 29.1 Å². The summed E-state index contributed by atoms with van der Waals surface area (Å²) >= 11 is 7.78. The zero-order valence-electron chi connectivity index (χ0n) is 13.7. The van der Waals surface area contributed by atoms with E-state index < -0.39 is 17.9 Å². The highest BCUT2D eigenvalue weighted by atomic mass is 35.5. The Morgan fingerprint density at radius 1 is 1.28 bits per heavy atom. The molecule has 0 radical (unpaired) electrons. The summed E-state index contributed by atoms with van der Waals surface area (Å²) in [5.41, 5.74) is 1.43. The van der Waals surface area contributed by atoms with Crippen LogP contribution < -0.4 is 0 Å². The van der Waals surface area contributed by atoms with Crippen molar-refractivity contribution in [2.24, 2.45) is 5.92 Å². The molecule has 0 saturated carbocycles. The maximum Gasteiger partial charge on any atom is 0.318 e. The van der Waals surface area contributed by atoms with Crippen LogP contribution in [-0.4, -0.2) is 37.5 Å². The summed E-state index contributed by atoms with van der Waals surface area (Å²) in [7, 11) is 0. The van der Waals surface area contributed by atoms with Gasteiger partial charge < -0.3 is 14.8 Å². The first-order valence-electron chi connectivity index (χ1n) is 7.80. The Bertz CT molecular complexity index is 749. The molecule has 0 unspecified atom stereocenters. The van der Waals surface area contributed by atoms with E-state index in [1.807, 2.05) is 22.8 Å². The van der Waals surface area contributed by atoms with Crippen molar-refractivity contribution >= 4 is 35.3 Å². The summed E-state index contributed by atoms with van der Waals surface area (Å²) in [6.07, 6.45) is 2.38. The van der Waals surface area contributed by atoms with Crippen LogP contribution >= 0.6 is 23.4 Å². The first-order chi connectivity index (χ1) is 11.9. The number of aromatic nitrogens is 2. The van der Waals surface area contributed by atoms with Crippen molar-refractivity contribution in [3.63, 3.8) is 0 Å². The van der Waals surface area contributed by atoms with E-state index in [1.54, 1.807) is 24.0 Å². The van der Waals surface area contributed by atoms with E-state index in [1.165, 1.54) is 0 Å². The van der Waals surface area contributed by atoms with Crippen LogP contribution in [-0.2, 0) is 22.6 Å². The molecule has 2 aromatic rings. The Kier molecular flexibility index (Phi) is 6.90. The Balaban J connectivity index is 2.36. The second-order valence-electron chi connectivity index (χ2n) is 5.49. The van der Waals surface area contributed by atoms with Crippen LogP contribution in [0.4, 0.5) is 0 Å². The summed E-state index contributed by atoms with van der Waals surface area (Å²) in [6, 6.07) is 7.36. The molecule has 0 spiro atoms. The van der Waals surface area contributed by atoms with Gasteiger partial charge in [0.1, 0.15) is 0 Å². The molecule has 0 fully saturated rings. The minimum absolute atomic E-state index is 0.130. The summed E-state index contributed by atoms with van der Waals surface area (Å²) in [5, 5.41) is 19.6. The van der Waals surface area contributed by atoms with Gasteiger partial charge in [0.15, 0.2) is 11.1 Å². The second kappa shape index (κ2) is 8.92. The largest absolute Gasteiger partial charge is 0.481 e. The Morgan fingerprint density at radius 2 is 1.96 bits per heavy atom. The molecule has 0 amide bonds. The Labute approximate surface area is 154 Å². The number of carboxylic acids is 2. The zero-order valence-corrected chi connectivity index (χ0v) is 15.3. The molecule has 25 heavy (non-hydrogen) atoms. The lowest BCUT2D eigenvalue weighted by Gasteiger charge is -2.14. The Hall–Kier alpha value is -1.99. The molecule has 0 saturated heterocycles. The van der Waals surface area contributed by atoms with Crippen LogP contribution in [0.3, 0.4) is 0 Å². The molecule has 0 aliphatic carbocycles. The van der Waals surface area contributed by atoms with E-state index in [0.717, 1.165) is 22.9 Å². The molecule has 1 aromatic heterocycles. The lowest BCUT2D eigenvalue weighted by molar-refractivity contribution is -0.154. The molecule has 0 bridgehead atoms. The smallest absolute Gasteiger partial charge is 0.318 e. The highest BCUT2D eigenvalue weighted by Crippen LogP contribution is 2.25. The van der Waals surface area contributed by atoms with Crippen molar-refractivity contribution < 1.29 is 19.8 Å². The molecule has 2 rings (SSSR count). The summed E-state index contributed by atoms with van der Waals surface area (Å²) in [5.74, 6) is -3.37. The van der Waals surface area contributed by atoms with Crippen LogP contribution in [0.1, 0.15) is 24.6 Å². The maximum absolute atomic E-state index is 11.2. The lowest BCUT2D eigenvalue weighted by atomic mass is 10.0. The molecule has 0 aliphatic heterocycles. The van der Waals surface area contributed by atoms with Crippen molar-refractivity contribution in [3.05, 3.63) is 46.7 Å². The van der Waals surface area contributed by atoms with Gasteiger partial charge in [0.05, 0.1) is 6.54 Å². The van der Waals surface area contributed by atoms with Gasteiger partial charge in [-0.05, 0) is 18.1 Å². The van der Waals surface area contributed by atoms with E-state index in [0.29, 0.717) is 17.3 Å². The molecule has 2 N–H and O–H groups in total. The molecule has 0 aliphatic rings. The quantitative estimate of drug-likeness (QED) is 0.510. The zero-order chi connectivity index (χ0) is 18.4. The van der Waals surface area contributed by atoms with Crippen molar-refractivity contribution in [2.75, 3.05) is 5.75 Å². The van der Waals surface area contributed by atoms with Crippen molar-refractivity contribution in [1.29, 1.82) is 0 Å². The fourth-order valence-electron chi connectivity index (χ4n) is 2.32. The Morgan fingerprint density at radius 3 is 2.56 bits per heavy atom. The minimum atomic E-state index is -1.51. The monoisotopic (exact) mass is 382 g/mol. The number of nitrogens with zero attached hydrogens (tertiary/aromatic N) is 2. The van der Waals surface area contributed by atoms with Crippen LogP contribution in [0.5, 0.6) is 0 Å². The van der Waals surface area contributed by atoms with E-state index in [4.69, 9.17) is 21.8 Å². The van der Waals surface area contributed by atoms with Crippen LogP contribution in [0, 0.1) is 5.92 Å². The van der Waals surface area contributed by atoms with Gasteiger partial charge in [0.2, 0.25) is 0 Å². The van der Waals surface area contributed by atoms with E-state index in [2.05, 4.69) is 11.9 Å². The number of thioether (sulfide) groups is 1. The van der Waals surface area contributed by atoms with Crippen LogP contribution in [0.2, 0.25) is 5.02 Å². The maximum atomic E-state index is 11.2. The number of aliphatic carboxylic acids is 2. The molecular weight excluding hydrogens is 364 g/mol. The van der Waals surface area contributed by atoms with E-state index in [9.17, 15) is 9.59 Å². The van der Waals surface area contributed by atoms with Crippen LogP contribution in [0.25, 0.3) is 0 Å². The average molecular weight is 383 g/mol. The van der Waals surface area contributed by atoms with Gasteiger partial charge in [-0.1, -0.05) is 48.5 Å². The topological polar surface area (TPSA) is 92.4 Å². The minimum Gasteiger partial charge on any atom is -0.481 e. The number of halogens is 1. The SMILES string of the molecule is CCCSc1ncc(CC(C(=O)O)C(=O)O)n1Cc1ccccc1Cl. The molecule has 1 heterocycles. The first kappa shape index (κ1) is 19.3. The summed E-state index contributed by atoms with van der Waals surface area (Å²) in [6.45, 7) is 2.47. The van der Waals surface area contributed by atoms with Gasteiger partial charge in [0.25, 0.3) is 0 Å². The fraction of sp³-hybridized carbons (Fsp3) is 0.353. The third-order valence-electron chi connectivity index (χ3n) is 3.63. The van der Waals surface area contributed by atoms with Gasteiger partial charge in [-0.15, -0.1) is 0 Å². The van der Waals surface area contributed by atoms with Crippen molar-refractivity contribution in [3.8, 4) is 0 Å². The summed E-state index contributed by atoms with van der Waals surface area (Å²) in [4.78, 5) is 26.8. The molecule has 6 nitrogen and oxygen atoms in total. The number of hydrogen-bond donors (Lipinski definition) is 2. The number of hydrogen-bond acceptors (Lipinski definition) is 4. The average Bonchev–Trinajstić information content (AvgIpc) is 2.94. The number of rotatable bonds is 9. The van der Waals surface area contributed by atoms with Gasteiger partial charge in [-0.3, -0.25) is 9.59 Å². The molecular formula is C17H19ClN2O4S. The first-order valence-corrected chi connectivity index (χ1v) is 9.16. The van der Waals surface area contributed by atoms with E-state index >= 15 is 0 Å². The van der Waals surface area contributed by atoms with Crippen molar-refractivity contribution in [2.45, 2.75) is 31.5 Å². The number of imidazole rings is 1. The van der Waals surface area contributed by atoms with Crippen molar-refractivity contribution in [1.82, 2.24) is 9.55 Å². The molecule has 134 valence electrons. The standard InChI is InChI=1S/C17H19ClN2O4S/c1-2-7-25-17-19-9-12(8-13(15(21)22)16(23)24)20(17)10-11-5-3-4-6-14(11)18/h3-6,9,13H,2,7-8,10H2,1H3,(H,21,22)(H,23,24). The van der Waals surface area contributed by atoms with Gasteiger partial charge in [-0.25, -0.2) is 4.98 Å². The third-order valence-corrected chi connectivity index (χ3v) is 5.20. The van der Waals surface area contributed by atoms with Gasteiger partial charge >= 0.3 is 11.9 Å². The number of carboxylic acid groups (broad SMARTS) is 2. The normalized spacial score (nSPS) is 11.0. The van der Waals surface area contributed by atoms with Gasteiger partial charge in [-0.2, -0.15) is 0 Å². The number of carbonyl (C=O) groups is 2. The highest BCUT2D eigenvalue weighted by molar-refractivity contribution is 7.99. The predicted molar refractivity (Wildman–Crippen MR) is 96.3 cm³/mol. The molecule has 8 heteroatoms. The number of benzene rings is 1.